The van der Waals surface area contributed by atoms with Crippen molar-refractivity contribution in [3.63, 3.8) is 0 Å². The lowest BCUT2D eigenvalue weighted by Crippen LogP contribution is -1.85. The second-order valence-corrected chi connectivity index (χ2v) is 3.19. The number of rotatable bonds is 1. The third kappa shape index (κ3) is 1.02. The Labute approximate surface area is 73.6 Å². The van der Waals surface area contributed by atoms with Gasteiger partial charge in [0.1, 0.15) is 5.03 Å². The second kappa shape index (κ2) is 2.67. The van der Waals surface area contributed by atoms with Crippen molar-refractivity contribution in [2.24, 2.45) is 0 Å². The molecule has 0 unspecified atom stereocenters. The summed E-state index contributed by atoms with van der Waals surface area (Å²) < 4.78 is 0. The average molecular weight is 180 g/mol. The highest BCUT2D eigenvalue weighted by Crippen LogP contribution is 2.23. The summed E-state index contributed by atoms with van der Waals surface area (Å²) >= 11 is 1.58. The van der Waals surface area contributed by atoms with E-state index >= 15 is 0 Å². The van der Waals surface area contributed by atoms with Gasteiger partial charge in [-0.25, -0.2) is 4.98 Å². The third-order valence-corrected chi connectivity index (χ3v) is 2.29. The number of anilines is 1. The van der Waals surface area contributed by atoms with Crippen molar-refractivity contribution in [3.8, 4) is 0 Å². The van der Waals surface area contributed by atoms with Crippen LogP contribution in [0.4, 0.5) is 5.69 Å². The molecule has 0 spiro atoms. The van der Waals surface area contributed by atoms with E-state index in [-0.39, 0.29) is 0 Å². The molecule has 12 heavy (non-hydrogen) atoms. The number of aromatic nitrogens is 3. The summed E-state index contributed by atoms with van der Waals surface area (Å²) in [5, 5.41) is 8.83. The van der Waals surface area contributed by atoms with Crippen molar-refractivity contribution in [2.45, 2.75) is 5.03 Å². The van der Waals surface area contributed by atoms with Gasteiger partial charge in [0.2, 0.25) is 0 Å². The Kier molecular flexibility index (Phi) is 1.65. The molecule has 0 aliphatic carbocycles. The first kappa shape index (κ1) is 7.42. The summed E-state index contributed by atoms with van der Waals surface area (Å²) in [4.78, 5) is 4.09. The number of nitrogens with one attached hydrogen (secondary N) is 1. The SMILES string of the molecule is CSc1n[nH]c2ncc(N)cc12. The molecule has 0 saturated carbocycles. The third-order valence-electron chi connectivity index (χ3n) is 1.60. The second-order valence-electron chi connectivity index (χ2n) is 2.40. The van der Waals surface area contributed by atoms with E-state index in [1.807, 2.05) is 12.3 Å². The summed E-state index contributed by atoms with van der Waals surface area (Å²) in [5.74, 6) is 0. The maximum atomic E-state index is 5.59. The maximum Gasteiger partial charge on any atom is 0.156 e. The zero-order valence-electron chi connectivity index (χ0n) is 6.53. The lowest BCUT2D eigenvalue weighted by Gasteiger charge is -1.92. The van der Waals surface area contributed by atoms with Crippen LogP contribution in [0.3, 0.4) is 0 Å². The number of nitrogens with zero attached hydrogens (tertiary/aromatic N) is 2. The van der Waals surface area contributed by atoms with Crippen LogP contribution in [0.25, 0.3) is 11.0 Å². The van der Waals surface area contributed by atoms with Crippen LogP contribution in [0.1, 0.15) is 0 Å². The number of nitrogen functional groups attached to an aromatic ring is 1. The summed E-state index contributed by atoms with van der Waals surface area (Å²) in [5.41, 5.74) is 7.04. The highest BCUT2D eigenvalue weighted by atomic mass is 32.2. The van der Waals surface area contributed by atoms with Gasteiger partial charge in [0.05, 0.1) is 17.3 Å². The van der Waals surface area contributed by atoms with Crippen molar-refractivity contribution in [1.29, 1.82) is 0 Å². The molecule has 0 aliphatic rings. The molecule has 0 aromatic carbocycles. The van der Waals surface area contributed by atoms with Crippen LogP contribution in [0.5, 0.6) is 0 Å². The van der Waals surface area contributed by atoms with Crippen molar-refractivity contribution in [3.05, 3.63) is 12.3 Å². The molecule has 0 aliphatic heterocycles. The number of fused-ring (bicyclic) bond motifs is 1. The lowest BCUT2D eigenvalue weighted by molar-refractivity contribution is 1.02. The van der Waals surface area contributed by atoms with Gasteiger partial charge in [0, 0.05) is 0 Å². The summed E-state index contributed by atoms with van der Waals surface area (Å²) in [6, 6.07) is 1.87. The van der Waals surface area contributed by atoms with E-state index in [9.17, 15) is 0 Å². The number of nitrogens with two attached hydrogens (primary N) is 1. The summed E-state index contributed by atoms with van der Waals surface area (Å²) in [6.45, 7) is 0. The molecule has 2 aromatic rings. The summed E-state index contributed by atoms with van der Waals surface area (Å²) in [7, 11) is 0. The molecule has 4 nitrogen and oxygen atoms in total. The lowest BCUT2D eigenvalue weighted by atomic mass is 10.3. The molecule has 62 valence electrons. The minimum atomic E-state index is 0.666. The predicted molar refractivity (Wildman–Crippen MR) is 50.1 cm³/mol. The molecule has 0 radical (unpaired) electrons. The van der Waals surface area contributed by atoms with Crippen LogP contribution >= 0.6 is 11.8 Å². The monoisotopic (exact) mass is 180 g/mol. The van der Waals surface area contributed by atoms with Crippen molar-refractivity contribution < 1.29 is 0 Å². The standard InChI is InChI=1S/C7H8N4S/c1-12-7-5-2-4(8)3-9-6(5)10-11-7/h2-3H,8H2,1H3,(H,9,10,11). The number of thioether (sulfide) groups is 1. The fourth-order valence-corrected chi connectivity index (χ4v) is 1.57. The Hall–Kier alpha value is -1.23. The molecule has 0 bridgehead atoms. The molecular weight excluding hydrogens is 172 g/mol. The maximum absolute atomic E-state index is 5.59. The van der Waals surface area contributed by atoms with E-state index in [1.165, 1.54) is 0 Å². The summed E-state index contributed by atoms with van der Waals surface area (Å²) in [6.07, 6.45) is 3.59. The van der Waals surface area contributed by atoms with Crippen LogP contribution in [0.15, 0.2) is 17.3 Å². The smallest absolute Gasteiger partial charge is 0.156 e. The molecule has 2 heterocycles. The van der Waals surface area contributed by atoms with E-state index in [0.29, 0.717) is 5.69 Å². The Balaban J connectivity index is 2.75. The Bertz CT molecular complexity index is 409. The van der Waals surface area contributed by atoms with Gasteiger partial charge >= 0.3 is 0 Å². The molecule has 5 heteroatoms. The first-order valence-electron chi connectivity index (χ1n) is 3.45. The van der Waals surface area contributed by atoms with E-state index in [1.54, 1.807) is 18.0 Å². The van der Waals surface area contributed by atoms with Gasteiger partial charge in [0.25, 0.3) is 0 Å². The van der Waals surface area contributed by atoms with Crippen LogP contribution in [-0.2, 0) is 0 Å². The largest absolute Gasteiger partial charge is 0.397 e. The Morgan fingerprint density at radius 3 is 3.17 bits per heavy atom. The topological polar surface area (TPSA) is 67.6 Å². The average Bonchev–Trinajstić information content (AvgIpc) is 2.46. The first-order valence-corrected chi connectivity index (χ1v) is 4.67. The number of aromatic amines is 1. The fourth-order valence-electron chi connectivity index (χ4n) is 1.05. The highest BCUT2D eigenvalue weighted by molar-refractivity contribution is 7.98. The van der Waals surface area contributed by atoms with Crippen molar-refractivity contribution in [1.82, 2.24) is 15.2 Å². The first-order chi connectivity index (χ1) is 5.81. The molecule has 2 aromatic heterocycles. The van der Waals surface area contributed by atoms with Gasteiger partial charge in [-0.05, 0) is 12.3 Å². The minimum absolute atomic E-state index is 0.666. The number of hydrogen-bond acceptors (Lipinski definition) is 4. The zero-order chi connectivity index (χ0) is 8.55. The van der Waals surface area contributed by atoms with Crippen molar-refractivity contribution >= 4 is 28.5 Å². The van der Waals surface area contributed by atoms with Gasteiger partial charge in [0.15, 0.2) is 5.65 Å². The van der Waals surface area contributed by atoms with Gasteiger partial charge < -0.3 is 5.73 Å². The van der Waals surface area contributed by atoms with Gasteiger partial charge in [-0.2, -0.15) is 5.10 Å². The van der Waals surface area contributed by atoms with Gasteiger partial charge in [-0.3, -0.25) is 5.10 Å². The fraction of sp³-hybridized carbons (Fsp3) is 0.143. The van der Waals surface area contributed by atoms with E-state index in [0.717, 1.165) is 16.1 Å². The van der Waals surface area contributed by atoms with Crippen molar-refractivity contribution in [2.75, 3.05) is 12.0 Å². The minimum Gasteiger partial charge on any atom is -0.397 e. The number of H-pyrrole nitrogens is 1. The normalized spacial score (nSPS) is 10.8. The highest BCUT2D eigenvalue weighted by Gasteiger charge is 2.04. The Morgan fingerprint density at radius 2 is 2.42 bits per heavy atom. The molecule has 2 rings (SSSR count). The molecule has 0 amide bonds. The van der Waals surface area contributed by atoms with Crippen LogP contribution in [-0.4, -0.2) is 21.4 Å². The zero-order valence-corrected chi connectivity index (χ0v) is 7.35. The quantitative estimate of drug-likeness (QED) is 0.648. The van der Waals surface area contributed by atoms with Gasteiger partial charge in [-0.15, -0.1) is 11.8 Å². The molecular formula is C7H8N4S. The number of pyridine rings is 1. The van der Waals surface area contributed by atoms with Crippen LogP contribution in [0, 0.1) is 0 Å². The molecule has 0 atom stereocenters. The molecule has 0 fully saturated rings. The van der Waals surface area contributed by atoms with E-state index < -0.39 is 0 Å². The van der Waals surface area contributed by atoms with Crippen LogP contribution < -0.4 is 5.73 Å². The number of hydrogen-bond donors (Lipinski definition) is 2. The van der Waals surface area contributed by atoms with Gasteiger partial charge in [-0.1, -0.05) is 0 Å². The van der Waals surface area contributed by atoms with E-state index in [4.69, 9.17) is 5.73 Å². The van der Waals surface area contributed by atoms with E-state index in [2.05, 4.69) is 15.2 Å². The Morgan fingerprint density at radius 1 is 1.58 bits per heavy atom. The molecule has 0 saturated heterocycles. The van der Waals surface area contributed by atoms with Crippen LogP contribution in [0.2, 0.25) is 0 Å². The predicted octanol–water partition coefficient (Wildman–Crippen LogP) is 1.26. The molecule has 3 N–H and O–H groups in total.